The number of rotatable bonds is 3. The summed E-state index contributed by atoms with van der Waals surface area (Å²) >= 11 is 0. The molecule has 0 atom stereocenters. The van der Waals surface area contributed by atoms with Crippen LogP contribution in [0, 0.1) is 11.3 Å². The van der Waals surface area contributed by atoms with E-state index in [1.54, 1.807) is 29.3 Å². The number of pyridine rings is 1. The number of carbonyl (C=O) groups excluding carboxylic acids is 1. The van der Waals surface area contributed by atoms with Crippen molar-refractivity contribution in [3.05, 3.63) is 42.1 Å². The van der Waals surface area contributed by atoms with Crippen LogP contribution >= 0.6 is 0 Å². The third-order valence-electron chi connectivity index (χ3n) is 3.79. The van der Waals surface area contributed by atoms with E-state index in [-0.39, 0.29) is 16.4 Å². The van der Waals surface area contributed by atoms with Crippen LogP contribution in [-0.2, 0) is 14.8 Å². The Balaban J connectivity index is 2.09. The molecule has 24 heavy (non-hydrogen) atoms. The van der Waals surface area contributed by atoms with E-state index in [1.807, 2.05) is 6.07 Å². The standard InChI is InChI=1S/C16H14N4O3S/c17-10-11-6-13(8-14(7-11)24(18,22)23)12-3-4-19-15(9-12)20-5-1-2-16(20)21/h3-4,6-9H,1-2,5H2,(H2,18,22,23). The monoisotopic (exact) mass is 342 g/mol. The normalized spacial score (nSPS) is 14.7. The highest BCUT2D eigenvalue weighted by atomic mass is 32.2. The average Bonchev–Trinajstić information content (AvgIpc) is 3.00. The Morgan fingerprint density at radius 3 is 2.62 bits per heavy atom. The molecule has 1 fully saturated rings. The van der Waals surface area contributed by atoms with Gasteiger partial charge in [0.2, 0.25) is 15.9 Å². The second kappa shape index (κ2) is 6.03. The van der Waals surface area contributed by atoms with Gasteiger partial charge in [-0.15, -0.1) is 0 Å². The summed E-state index contributed by atoms with van der Waals surface area (Å²) in [5.74, 6) is 0.519. The van der Waals surface area contributed by atoms with Crippen molar-refractivity contribution >= 4 is 21.7 Å². The fourth-order valence-corrected chi connectivity index (χ4v) is 3.21. The Labute approximate surface area is 139 Å². The number of primary sulfonamides is 1. The van der Waals surface area contributed by atoms with Crippen molar-refractivity contribution in [2.75, 3.05) is 11.4 Å². The number of amides is 1. The molecule has 0 saturated carbocycles. The number of anilines is 1. The van der Waals surface area contributed by atoms with Crippen molar-refractivity contribution in [3.63, 3.8) is 0 Å². The lowest BCUT2D eigenvalue weighted by atomic mass is 10.0. The Bertz CT molecular complexity index is 964. The number of nitrogens with zero attached hydrogens (tertiary/aromatic N) is 3. The van der Waals surface area contributed by atoms with Gasteiger partial charge in [-0.05, 0) is 47.9 Å². The lowest BCUT2D eigenvalue weighted by Crippen LogP contribution is -2.24. The summed E-state index contributed by atoms with van der Waals surface area (Å²) in [6.07, 6.45) is 2.82. The molecule has 1 aliphatic heterocycles. The van der Waals surface area contributed by atoms with Crippen LogP contribution in [0.15, 0.2) is 41.4 Å². The lowest BCUT2D eigenvalue weighted by Gasteiger charge is -2.15. The fraction of sp³-hybridized carbons (Fsp3) is 0.188. The molecule has 2 aromatic rings. The molecule has 1 aromatic carbocycles. The van der Waals surface area contributed by atoms with Gasteiger partial charge in [0, 0.05) is 19.2 Å². The smallest absolute Gasteiger partial charge is 0.238 e. The molecule has 3 rings (SSSR count). The third kappa shape index (κ3) is 3.13. The second-order valence-electron chi connectivity index (χ2n) is 5.45. The van der Waals surface area contributed by atoms with Crippen molar-refractivity contribution in [2.45, 2.75) is 17.7 Å². The van der Waals surface area contributed by atoms with E-state index < -0.39 is 10.0 Å². The Hall–Kier alpha value is -2.76. The highest BCUT2D eigenvalue weighted by molar-refractivity contribution is 7.89. The van der Waals surface area contributed by atoms with Crippen molar-refractivity contribution in [1.82, 2.24) is 4.98 Å². The predicted octanol–water partition coefficient (Wildman–Crippen LogP) is 1.39. The minimum atomic E-state index is -3.93. The number of hydrogen-bond acceptors (Lipinski definition) is 5. The molecule has 1 aliphatic rings. The number of nitriles is 1. The number of sulfonamides is 1. The molecular weight excluding hydrogens is 328 g/mol. The van der Waals surface area contributed by atoms with Crippen LogP contribution < -0.4 is 10.0 Å². The Morgan fingerprint density at radius 1 is 1.21 bits per heavy atom. The third-order valence-corrected chi connectivity index (χ3v) is 4.69. The van der Waals surface area contributed by atoms with Gasteiger partial charge in [0.15, 0.2) is 0 Å². The van der Waals surface area contributed by atoms with Crippen LogP contribution in [0.1, 0.15) is 18.4 Å². The molecule has 122 valence electrons. The van der Waals surface area contributed by atoms with Gasteiger partial charge >= 0.3 is 0 Å². The Morgan fingerprint density at radius 2 is 2.00 bits per heavy atom. The molecule has 2 N–H and O–H groups in total. The van der Waals surface area contributed by atoms with E-state index in [1.165, 1.54) is 12.1 Å². The number of carbonyl (C=O) groups is 1. The molecular formula is C16H14N4O3S. The lowest BCUT2D eigenvalue weighted by molar-refractivity contribution is -0.117. The van der Waals surface area contributed by atoms with E-state index in [2.05, 4.69) is 4.98 Å². The first-order chi connectivity index (χ1) is 11.4. The van der Waals surface area contributed by atoms with E-state index in [4.69, 9.17) is 10.4 Å². The van der Waals surface area contributed by atoms with Gasteiger partial charge in [0.05, 0.1) is 16.5 Å². The molecule has 0 aliphatic carbocycles. The van der Waals surface area contributed by atoms with Crippen LogP contribution in [0.3, 0.4) is 0 Å². The average molecular weight is 342 g/mol. The van der Waals surface area contributed by atoms with Gasteiger partial charge in [0.1, 0.15) is 5.82 Å². The predicted molar refractivity (Wildman–Crippen MR) is 87.3 cm³/mol. The quantitative estimate of drug-likeness (QED) is 0.904. The summed E-state index contributed by atoms with van der Waals surface area (Å²) in [4.78, 5) is 17.5. The van der Waals surface area contributed by atoms with Crippen LogP contribution in [0.4, 0.5) is 5.82 Å². The highest BCUT2D eigenvalue weighted by Gasteiger charge is 2.23. The van der Waals surface area contributed by atoms with E-state index >= 15 is 0 Å². The number of aromatic nitrogens is 1. The van der Waals surface area contributed by atoms with Crippen LogP contribution in [0.25, 0.3) is 11.1 Å². The minimum absolute atomic E-state index is 0.00986. The van der Waals surface area contributed by atoms with Crippen molar-refractivity contribution in [1.29, 1.82) is 5.26 Å². The number of nitrogens with two attached hydrogens (primary N) is 1. The maximum absolute atomic E-state index is 11.9. The summed E-state index contributed by atoms with van der Waals surface area (Å²) in [5.41, 5.74) is 1.36. The number of benzene rings is 1. The van der Waals surface area contributed by atoms with Crippen molar-refractivity contribution in [2.24, 2.45) is 5.14 Å². The van der Waals surface area contributed by atoms with E-state index in [0.29, 0.717) is 29.9 Å². The zero-order valence-corrected chi connectivity index (χ0v) is 13.5. The molecule has 1 saturated heterocycles. The summed E-state index contributed by atoms with van der Waals surface area (Å²) < 4.78 is 23.2. The van der Waals surface area contributed by atoms with E-state index in [9.17, 15) is 13.2 Å². The topological polar surface area (TPSA) is 117 Å². The first-order valence-electron chi connectivity index (χ1n) is 7.23. The molecule has 0 bridgehead atoms. The molecule has 0 unspecified atom stereocenters. The van der Waals surface area contributed by atoms with Gasteiger partial charge in [-0.3, -0.25) is 9.69 Å². The highest BCUT2D eigenvalue weighted by Crippen LogP contribution is 2.28. The zero-order valence-electron chi connectivity index (χ0n) is 12.6. The Kier molecular flexibility index (Phi) is 4.05. The maximum atomic E-state index is 11.9. The van der Waals surface area contributed by atoms with Crippen molar-refractivity contribution in [3.8, 4) is 17.2 Å². The van der Waals surface area contributed by atoms with Gasteiger partial charge in [-0.1, -0.05) is 0 Å². The number of hydrogen-bond donors (Lipinski definition) is 1. The van der Waals surface area contributed by atoms with Crippen LogP contribution in [0.2, 0.25) is 0 Å². The van der Waals surface area contributed by atoms with E-state index in [0.717, 1.165) is 6.42 Å². The fourth-order valence-electron chi connectivity index (χ4n) is 2.63. The minimum Gasteiger partial charge on any atom is -0.297 e. The van der Waals surface area contributed by atoms with Crippen LogP contribution in [0.5, 0.6) is 0 Å². The molecule has 0 radical (unpaired) electrons. The SMILES string of the molecule is N#Cc1cc(-c2ccnc(N3CCCC3=O)c2)cc(S(N)(=O)=O)c1. The van der Waals surface area contributed by atoms with Gasteiger partial charge in [-0.2, -0.15) is 5.26 Å². The molecule has 1 aromatic heterocycles. The summed E-state index contributed by atoms with van der Waals surface area (Å²) in [5, 5.41) is 14.3. The second-order valence-corrected chi connectivity index (χ2v) is 7.02. The molecule has 0 spiro atoms. The first-order valence-corrected chi connectivity index (χ1v) is 8.78. The molecule has 1 amide bonds. The van der Waals surface area contributed by atoms with Crippen LogP contribution in [-0.4, -0.2) is 25.9 Å². The first kappa shape index (κ1) is 16.1. The van der Waals surface area contributed by atoms with Crippen molar-refractivity contribution < 1.29 is 13.2 Å². The maximum Gasteiger partial charge on any atom is 0.238 e. The van der Waals surface area contributed by atoms with Gasteiger partial charge < -0.3 is 0 Å². The summed E-state index contributed by atoms with van der Waals surface area (Å²) in [6, 6.07) is 9.52. The summed E-state index contributed by atoms with van der Waals surface area (Å²) in [7, 11) is -3.93. The summed E-state index contributed by atoms with van der Waals surface area (Å²) in [6.45, 7) is 0.607. The molecule has 2 heterocycles. The molecule has 8 heteroatoms. The van der Waals surface area contributed by atoms with Gasteiger partial charge in [0.25, 0.3) is 0 Å². The largest absolute Gasteiger partial charge is 0.297 e. The zero-order chi connectivity index (χ0) is 17.3. The van der Waals surface area contributed by atoms with Gasteiger partial charge in [-0.25, -0.2) is 18.5 Å². The molecule has 7 nitrogen and oxygen atoms in total.